The molecule has 1 aromatic carbocycles. The monoisotopic (exact) mass is 287 g/mol. The number of benzene rings is 1. The van der Waals surface area contributed by atoms with Gasteiger partial charge in [0.15, 0.2) is 0 Å². The summed E-state index contributed by atoms with van der Waals surface area (Å²) in [6.45, 7) is -0.409. The SMILES string of the molecule is NC(=O)CNS(=O)(=O)Cc1ccc(C(N)=S)cc1. The van der Waals surface area contributed by atoms with Crippen molar-refractivity contribution in [3.8, 4) is 0 Å². The van der Waals surface area contributed by atoms with E-state index < -0.39 is 22.5 Å². The van der Waals surface area contributed by atoms with Gasteiger partial charge in [-0.25, -0.2) is 13.1 Å². The highest BCUT2D eigenvalue weighted by molar-refractivity contribution is 7.88. The third-order valence-corrected chi connectivity index (χ3v) is 3.59. The first kappa shape index (κ1) is 14.6. The number of thiocarbonyl (C=S) groups is 1. The lowest BCUT2D eigenvalue weighted by molar-refractivity contribution is -0.116. The molecule has 8 heteroatoms. The fraction of sp³-hybridized carbons (Fsp3) is 0.200. The summed E-state index contributed by atoms with van der Waals surface area (Å²) in [5, 5.41) is 0. The molecule has 0 aliphatic carbocycles. The van der Waals surface area contributed by atoms with Gasteiger partial charge in [-0.2, -0.15) is 0 Å². The van der Waals surface area contributed by atoms with Gasteiger partial charge in [-0.1, -0.05) is 36.5 Å². The molecule has 6 nitrogen and oxygen atoms in total. The molecule has 0 aliphatic rings. The molecular formula is C10H13N3O3S2. The molecule has 18 heavy (non-hydrogen) atoms. The first-order valence-electron chi connectivity index (χ1n) is 4.94. The van der Waals surface area contributed by atoms with Crippen LogP contribution in [0.25, 0.3) is 0 Å². The predicted molar refractivity (Wildman–Crippen MR) is 72.2 cm³/mol. The standard InChI is InChI=1S/C10H13N3O3S2/c11-9(14)5-13-18(15,16)6-7-1-3-8(4-2-7)10(12)17/h1-4,13H,5-6H2,(H2,11,14)(H2,12,17). The molecular weight excluding hydrogens is 274 g/mol. The van der Waals surface area contributed by atoms with Crippen LogP contribution in [0.2, 0.25) is 0 Å². The zero-order valence-corrected chi connectivity index (χ0v) is 11.1. The zero-order valence-electron chi connectivity index (χ0n) is 9.42. The molecule has 5 N–H and O–H groups in total. The van der Waals surface area contributed by atoms with Gasteiger partial charge >= 0.3 is 0 Å². The van der Waals surface area contributed by atoms with Crippen LogP contribution in [0.1, 0.15) is 11.1 Å². The minimum absolute atomic E-state index is 0.238. The third kappa shape index (κ3) is 4.78. The number of rotatable bonds is 6. The molecule has 0 aromatic heterocycles. The number of nitrogens with two attached hydrogens (primary N) is 2. The van der Waals surface area contributed by atoms with Gasteiger partial charge in [-0.15, -0.1) is 0 Å². The first-order chi connectivity index (χ1) is 8.30. The highest BCUT2D eigenvalue weighted by Gasteiger charge is 2.12. The van der Waals surface area contributed by atoms with Gasteiger partial charge < -0.3 is 11.5 Å². The fourth-order valence-corrected chi connectivity index (χ4v) is 2.45. The Balaban J connectivity index is 2.72. The number of amides is 1. The molecule has 0 unspecified atom stereocenters. The van der Waals surface area contributed by atoms with Crippen molar-refractivity contribution in [2.24, 2.45) is 11.5 Å². The van der Waals surface area contributed by atoms with Crippen molar-refractivity contribution in [1.82, 2.24) is 4.72 Å². The Bertz CT molecular complexity index is 552. The van der Waals surface area contributed by atoms with Crippen LogP contribution in [0.4, 0.5) is 0 Å². The number of nitrogens with one attached hydrogen (secondary N) is 1. The van der Waals surface area contributed by atoms with Gasteiger partial charge in [0.1, 0.15) is 4.99 Å². The molecule has 1 aromatic rings. The Morgan fingerprint density at radius 2 is 1.78 bits per heavy atom. The number of carbonyl (C=O) groups is 1. The van der Waals surface area contributed by atoms with Crippen LogP contribution < -0.4 is 16.2 Å². The lowest BCUT2D eigenvalue weighted by Gasteiger charge is -2.05. The highest BCUT2D eigenvalue weighted by atomic mass is 32.2. The molecule has 0 atom stereocenters. The Labute approximate surface area is 110 Å². The van der Waals surface area contributed by atoms with Crippen molar-refractivity contribution in [2.45, 2.75) is 5.75 Å². The summed E-state index contributed by atoms with van der Waals surface area (Å²) in [5.41, 5.74) is 11.5. The molecule has 0 aliphatic heterocycles. The summed E-state index contributed by atoms with van der Waals surface area (Å²) in [6, 6.07) is 6.50. The Morgan fingerprint density at radius 1 is 1.22 bits per heavy atom. The quantitative estimate of drug-likeness (QED) is 0.594. The van der Waals surface area contributed by atoms with E-state index in [1.54, 1.807) is 24.3 Å². The van der Waals surface area contributed by atoms with Gasteiger partial charge in [0.05, 0.1) is 12.3 Å². The predicted octanol–water partition coefficient (Wildman–Crippen LogP) is -0.774. The van der Waals surface area contributed by atoms with E-state index >= 15 is 0 Å². The molecule has 0 bridgehead atoms. The second-order valence-corrected chi connectivity index (χ2v) is 5.85. The second kappa shape index (κ2) is 5.89. The molecule has 0 saturated carbocycles. The first-order valence-corrected chi connectivity index (χ1v) is 7.00. The van der Waals surface area contributed by atoms with E-state index in [0.717, 1.165) is 0 Å². The van der Waals surface area contributed by atoms with Crippen LogP contribution in [-0.2, 0) is 20.6 Å². The Hall–Kier alpha value is -1.51. The van der Waals surface area contributed by atoms with Crippen molar-refractivity contribution in [3.63, 3.8) is 0 Å². The van der Waals surface area contributed by atoms with Gasteiger partial charge in [-0.3, -0.25) is 4.79 Å². The van der Waals surface area contributed by atoms with Crippen LogP contribution >= 0.6 is 12.2 Å². The maximum Gasteiger partial charge on any atom is 0.232 e. The van der Waals surface area contributed by atoms with Crippen molar-refractivity contribution in [2.75, 3.05) is 6.54 Å². The summed E-state index contributed by atoms with van der Waals surface area (Å²) in [4.78, 5) is 10.7. The molecule has 0 saturated heterocycles. The van der Waals surface area contributed by atoms with Crippen molar-refractivity contribution < 1.29 is 13.2 Å². The van der Waals surface area contributed by atoms with Gasteiger partial charge in [0.2, 0.25) is 15.9 Å². The summed E-state index contributed by atoms with van der Waals surface area (Å²) >= 11 is 4.78. The minimum Gasteiger partial charge on any atom is -0.389 e. The van der Waals surface area contributed by atoms with E-state index in [0.29, 0.717) is 11.1 Å². The second-order valence-electron chi connectivity index (χ2n) is 3.61. The molecule has 0 heterocycles. The molecule has 0 fully saturated rings. The zero-order chi connectivity index (χ0) is 13.8. The van der Waals surface area contributed by atoms with Crippen molar-refractivity contribution in [1.29, 1.82) is 0 Å². The molecule has 1 rings (SSSR count). The van der Waals surface area contributed by atoms with Crippen molar-refractivity contribution >= 4 is 33.1 Å². The minimum atomic E-state index is -3.58. The van der Waals surface area contributed by atoms with Crippen LogP contribution in [0.15, 0.2) is 24.3 Å². The third-order valence-electron chi connectivity index (χ3n) is 2.06. The Kier molecular flexibility index (Phi) is 4.76. The summed E-state index contributed by atoms with van der Waals surface area (Å²) in [7, 11) is -3.58. The average molecular weight is 287 g/mol. The average Bonchev–Trinajstić information content (AvgIpc) is 2.27. The number of hydrogen-bond acceptors (Lipinski definition) is 4. The number of carbonyl (C=O) groups excluding carboxylic acids is 1. The van der Waals surface area contributed by atoms with Gasteiger partial charge in [0.25, 0.3) is 0 Å². The van der Waals surface area contributed by atoms with Crippen LogP contribution in [-0.4, -0.2) is 25.9 Å². The van der Waals surface area contributed by atoms with Crippen LogP contribution in [0.5, 0.6) is 0 Å². The lowest BCUT2D eigenvalue weighted by Crippen LogP contribution is -2.34. The summed E-state index contributed by atoms with van der Waals surface area (Å²) in [5.74, 6) is -0.972. The summed E-state index contributed by atoms with van der Waals surface area (Å²) in [6.07, 6.45) is 0. The van der Waals surface area contributed by atoms with Crippen LogP contribution in [0, 0.1) is 0 Å². The lowest BCUT2D eigenvalue weighted by atomic mass is 10.1. The normalized spacial score (nSPS) is 11.1. The number of sulfonamides is 1. The van der Waals surface area contributed by atoms with E-state index in [1.807, 2.05) is 0 Å². The highest BCUT2D eigenvalue weighted by Crippen LogP contribution is 2.07. The smallest absolute Gasteiger partial charge is 0.232 e. The Morgan fingerprint density at radius 3 is 2.22 bits per heavy atom. The van der Waals surface area contributed by atoms with E-state index in [-0.39, 0.29) is 10.7 Å². The molecule has 1 amide bonds. The van der Waals surface area contributed by atoms with Gasteiger partial charge in [-0.05, 0) is 5.56 Å². The molecule has 0 radical (unpaired) electrons. The van der Waals surface area contributed by atoms with Crippen LogP contribution in [0.3, 0.4) is 0 Å². The van der Waals surface area contributed by atoms with E-state index in [9.17, 15) is 13.2 Å². The number of primary amides is 1. The van der Waals surface area contributed by atoms with E-state index in [1.165, 1.54) is 0 Å². The largest absolute Gasteiger partial charge is 0.389 e. The molecule has 98 valence electrons. The van der Waals surface area contributed by atoms with E-state index in [2.05, 4.69) is 4.72 Å². The summed E-state index contributed by atoms with van der Waals surface area (Å²) < 4.78 is 25.2. The fourth-order valence-electron chi connectivity index (χ4n) is 1.22. The van der Waals surface area contributed by atoms with E-state index in [4.69, 9.17) is 23.7 Å². The number of hydrogen-bond donors (Lipinski definition) is 3. The topological polar surface area (TPSA) is 115 Å². The van der Waals surface area contributed by atoms with Crippen molar-refractivity contribution in [3.05, 3.63) is 35.4 Å². The van der Waals surface area contributed by atoms with Gasteiger partial charge in [0, 0.05) is 5.56 Å². The molecule has 0 spiro atoms. The maximum atomic E-state index is 11.6. The maximum absolute atomic E-state index is 11.6.